The molecule has 1 aliphatic carbocycles. The van der Waals surface area contributed by atoms with E-state index < -0.39 is 0 Å². The molecular formula is C42H34. The van der Waals surface area contributed by atoms with E-state index in [9.17, 15) is 0 Å². The molecule has 0 nitrogen and oxygen atoms in total. The van der Waals surface area contributed by atoms with Crippen LogP contribution in [0.25, 0.3) is 65.7 Å². The highest BCUT2D eigenvalue weighted by atomic mass is 14.3. The summed E-state index contributed by atoms with van der Waals surface area (Å²) in [7, 11) is 0. The van der Waals surface area contributed by atoms with E-state index in [-0.39, 0.29) is 0 Å². The molecule has 0 aromatic heterocycles. The predicted molar refractivity (Wildman–Crippen MR) is 181 cm³/mol. The average Bonchev–Trinajstić information content (AvgIpc) is 3.07. The first-order chi connectivity index (χ1) is 20.9. The van der Waals surface area contributed by atoms with Crippen LogP contribution in [-0.4, -0.2) is 0 Å². The van der Waals surface area contributed by atoms with E-state index in [0.717, 1.165) is 0 Å². The smallest absolute Gasteiger partial charge is 0.000476 e. The standard InChI is InChI=1S/C42H34/c1-5-17-29(18-6-1)37-33-25-13-14-26-34(33)39(31-21-9-3-10-22-31)42-40(32-23-11-4-12-24-32)36-28-16-15-27-35(36)38(41(37)42)30-19-7-2-8-20-30/h1-3,5-10,13-22,25-28,32H,4,11-12,23-24H2. The second kappa shape index (κ2) is 10.6. The average molecular weight is 539 g/mol. The molecule has 0 unspecified atom stereocenters. The molecule has 0 aliphatic heterocycles. The highest BCUT2D eigenvalue weighted by Gasteiger charge is 2.28. The molecule has 0 spiro atoms. The van der Waals surface area contributed by atoms with Gasteiger partial charge in [-0.25, -0.2) is 0 Å². The van der Waals surface area contributed by atoms with E-state index >= 15 is 0 Å². The first-order valence-corrected chi connectivity index (χ1v) is 15.5. The molecule has 0 amide bonds. The van der Waals surface area contributed by atoms with E-state index in [1.807, 2.05) is 0 Å². The van der Waals surface area contributed by atoms with Crippen molar-refractivity contribution in [1.29, 1.82) is 0 Å². The Morgan fingerprint density at radius 2 is 0.690 bits per heavy atom. The summed E-state index contributed by atoms with van der Waals surface area (Å²) in [6.45, 7) is 0. The van der Waals surface area contributed by atoms with Crippen LogP contribution < -0.4 is 0 Å². The number of hydrogen-bond acceptors (Lipinski definition) is 0. The van der Waals surface area contributed by atoms with Crippen molar-refractivity contribution in [1.82, 2.24) is 0 Å². The molecule has 0 saturated heterocycles. The molecule has 42 heavy (non-hydrogen) atoms. The monoisotopic (exact) mass is 538 g/mol. The maximum absolute atomic E-state index is 2.40. The van der Waals surface area contributed by atoms with Crippen LogP contribution >= 0.6 is 0 Å². The van der Waals surface area contributed by atoms with Crippen molar-refractivity contribution in [3.05, 3.63) is 145 Å². The number of hydrogen-bond donors (Lipinski definition) is 0. The Bertz CT molecular complexity index is 1980. The van der Waals surface area contributed by atoms with Crippen LogP contribution in [0.3, 0.4) is 0 Å². The van der Waals surface area contributed by atoms with Crippen molar-refractivity contribution in [3.63, 3.8) is 0 Å². The van der Waals surface area contributed by atoms with Gasteiger partial charge in [0.05, 0.1) is 0 Å². The number of fused-ring (bicyclic) bond motifs is 3. The van der Waals surface area contributed by atoms with Crippen LogP contribution in [0.5, 0.6) is 0 Å². The van der Waals surface area contributed by atoms with E-state index in [4.69, 9.17) is 0 Å². The number of benzene rings is 7. The third-order valence-electron chi connectivity index (χ3n) is 9.42. The van der Waals surface area contributed by atoms with Crippen LogP contribution in [0, 0.1) is 0 Å². The first-order valence-electron chi connectivity index (χ1n) is 15.5. The molecule has 0 N–H and O–H groups in total. The van der Waals surface area contributed by atoms with Gasteiger partial charge in [0.1, 0.15) is 0 Å². The van der Waals surface area contributed by atoms with Gasteiger partial charge in [0.15, 0.2) is 0 Å². The third kappa shape index (κ3) is 4.05. The molecule has 0 atom stereocenters. The summed E-state index contributed by atoms with van der Waals surface area (Å²) in [5.74, 6) is 0.545. The molecule has 0 bridgehead atoms. The molecule has 0 heteroatoms. The van der Waals surface area contributed by atoms with Gasteiger partial charge < -0.3 is 0 Å². The summed E-state index contributed by atoms with van der Waals surface area (Å²) in [5.41, 5.74) is 9.49. The maximum Gasteiger partial charge on any atom is -0.000476 e. The lowest BCUT2D eigenvalue weighted by Gasteiger charge is -2.30. The van der Waals surface area contributed by atoms with Gasteiger partial charge >= 0.3 is 0 Å². The van der Waals surface area contributed by atoms with Gasteiger partial charge in [-0.3, -0.25) is 0 Å². The van der Waals surface area contributed by atoms with Gasteiger partial charge in [0, 0.05) is 0 Å². The summed E-state index contributed by atoms with van der Waals surface area (Å²) in [4.78, 5) is 0. The Labute approximate surface area is 248 Å². The molecular weight excluding hydrogens is 504 g/mol. The maximum atomic E-state index is 2.40. The van der Waals surface area contributed by atoms with E-state index in [1.54, 1.807) is 5.56 Å². The van der Waals surface area contributed by atoms with Crippen molar-refractivity contribution in [2.45, 2.75) is 38.0 Å². The molecule has 1 saturated carbocycles. The van der Waals surface area contributed by atoms with Gasteiger partial charge in [0.2, 0.25) is 0 Å². The predicted octanol–water partition coefficient (Wildman–Crippen LogP) is 12.2. The Morgan fingerprint density at radius 1 is 0.333 bits per heavy atom. The zero-order valence-electron chi connectivity index (χ0n) is 23.9. The lowest BCUT2D eigenvalue weighted by Crippen LogP contribution is -2.08. The fourth-order valence-electron chi connectivity index (χ4n) is 7.69. The van der Waals surface area contributed by atoms with Crippen LogP contribution in [0.2, 0.25) is 0 Å². The minimum Gasteiger partial charge on any atom is -0.0622 e. The zero-order chi connectivity index (χ0) is 27.9. The Morgan fingerprint density at radius 3 is 1.14 bits per heavy atom. The second-order valence-corrected chi connectivity index (χ2v) is 11.8. The van der Waals surface area contributed by atoms with Gasteiger partial charge in [-0.15, -0.1) is 0 Å². The van der Waals surface area contributed by atoms with E-state index in [2.05, 4.69) is 140 Å². The molecule has 1 aliphatic rings. The molecule has 7 aromatic rings. The Balaban J connectivity index is 1.72. The second-order valence-electron chi connectivity index (χ2n) is 11.8. The summed E-state index contributed by atoms with van der Waals surface area (Å²) in [5, 5.41) is 8.27. The molecule has 8 rings (SSSR count). The lowest BCUT2D eigenvalue weighted by molar-refractivity contribution is 0.447. The topological polar surface area (TPSA) is 0 Å². The SMILES string of the molecule is c1ccc(-c2c3ccccc3c(-c3ccccc3)c3c(C4CCCCC4)c4ccccc4c(-c4ccccc4)c23)cc1. The van der Waals surface area contributed by atoms with Crippen LogP contribution in [0.15, 0.2) is 140 Å². The van der Waals surface area contributed by atoms with Gasteiger partial charge in [-0.1, -0.05) is 159 Å². The highest BCUT2D eigenvalue weighted by Crippen LogP contribution is 2.53. The van der Waals surface area contributed by atoms with Crippen LogP contribution in [0.1, 0.15) is 43.6 Å². The van der Waals surface area contributed by atoms with E-state index in [0.29, 0.717) is 5.92 Å². The number of rotatable bonds is 4. The van der Waals surface area contributed by atoms with Gasteiger partial charge in [-0.2, -0.15) is 0 Å². The third-order valence-corrected chi connectivity index (χ3v) is 9.42. The van der Waals surface area contributed by atoms with Crippen molar-refractivity contribution in [2.24, 2.45) is 0 Å². The van der Waals surface area contributed by atoms with E-state index in [1.165, 1.54) is 97.8 Å². The molecule has 7 aromatic carbocycles. The quantitative estimate of drug-likeness (QED) is 0.196. The van der Waals surface area contributed by atoms with Crippen LogP contribution in [0.4, 0.5) is 0 Å². The first kappa shape index (κ1) is 25.1. The Kier molecular flexibility index (Phi) is 6.34. The fourth-order valence-corrected chi connectivity index (χ4v) is 7.69. The normalized spacial score (nSPS) is 14.1. The highest BCUT2D eigenvalue weighted by molar-refractivity contribution is 6.30. The van der Waals surface area contributed by atoms with Gasteiger partial charge in [-0.05, 0) is 90.0 Å². The summed E-state index contributed by atoms with van der Waals surface area (Å²) >= 11 is 0. The van der Waals surface area contributed by atoms with Gasteiger partial charge in [0.25, 0.3) is 0 Å². The minimum absolute atomic E-state index is 0.545. The Hall–Kier alpha value is -4.68. The minimum atomic E-state index is 0.545. The van der Waals surface area contributed by atoms with Crippen LogP contribution in [-0.2, 0) is 0 Å². The fraction of sp³-hybridized carbons (Fsp3) is 0.143. The largest absolute Gasteiger partial charge is 0.0622 e. The molecule has 0 radical (unpaired) electrons. The van der Waals surface area contributed by atoms with Crippen molar-refractivity contribution in [3.8, 4) is 33.4 Å². The van der Waals surface area contributed by atoms with Crippen molar-refractivity contribution in [2.75, 3.05) is 0 Å². The molecule has 1 fully saturated rings. The molecule has 0 heterocycles. The van der Waals surface area contributed by atoms with Crippen molar-refractivity contribution < 1.29 is 0 Å². The molecule has 202 valence electrons. The summed E-state index contributed by atoms with van der Waals surface area (Å²) in [6.07, 6.45) is 6.47. The lowest BCUT2D eigenvalue weighted by atomic mass is 9.73. The van der Waals surface area contributed by atoms with Crippen molar-refractivity contribution >= 4 is 32.3 Å². The zero-order valence-corrected chi connectivity index (χ0v) is 23.9. The summed E-state index contributed by atoms with van der Waals surface area (Å²) in [6, 6.07) is 51.7. The summed E-state index contributed by atoms with van der Waals surface area (Å²) < 4.78 is 0.